The van der Waals surface area contributed by atoms with E-state index in [-0.39, 0.29) is 18.2 Å². The van der Waals surface area contributed by atoms with E-state index in [2.05, 4.69) is 16.0 Å². The van der Waals surface area contributed by atoms with E-state index in [1.54, 1.807) is 20.8 Å². The van der Waals surface area contributed by atoms with Crippen LogP contribution in [0.5, 0.6) is 0 Å². The molecule has 0 heterocycles. The SMILES string of the molecule is CC(C)(C)OC(=O)N[C@@H](CCCNC(=N)N)C(=O)Cc1ccc(Nc2ccccc2SN)cc1. The number of carbonyl (C=O) groups is 2. The molecule has 0 aliphatic heterocycles. The van der Waals surface area contributed by atoms with Gasteiger partial charge < -0.3 is 26.4 Å². The number of alkyl carbamates (subject to hydrolysis) is 1. The minimum atomic E-state index is -0.713. The summed E-state index contributed by atoms with van der Waals surface area (Å²) < 4.78 is 5.31. The van der Waals surface area contributed by atoms with E-state index in [0.717, 1.165) is 21.8 Å². The highest BCUT2D eigenvalue weighted by molar-refractivity contribution is 7.97. The lowest BCUT2D eigenvalue weighted by atomic mass is 10.00. The van der Waals surface area contributed by atoms with E-state index in [1.807, 2.05) is 48.5 Å². The minimum absolute atomic E-state index is 0.126. The summed E-state index contributed by atoms with van der Waals surface area (Å²) in [6, 6.07) is 14.6. The Labute approximate surface area is 205 Å². The first kappa shape index (κ1) is 27.0. The Bertz CT molecular complexity index is 975. The molecule has 9 nitrogen and oxygen atoms in total. The zero-order valence-corrected chi connectivity index (χ0v) is 20.6. The number of amides is 1. The number of guanidine groups is 1. The fourth-order valence-corrected chi connectivity index (χ4v) is 3.55. The number of nitrogens with two attached hydrogens (primary N) is 2. The zero-order valence-electron chi connectivity index (χ0n) is 19.8. The molecule has 0 aromatic heterocycles. The van der Waals surface area contributed by atoms with Gasteiger partial charge in [-0.1, -0.05) is 24.3 Å². The van der Waals surface area contributed by atoms with Crippen molar-refractivity contribution in [2.24, 2.45) is 10.9 Å². The smallest absolute Gasteiger partial charge is 0.408 e. The molecule has 0 spiro atoms. The van der Waals surface area contributed by atoms with Gasteiger partial charge in [0, 0.05) is 23.5 Å². The summed E-state index contributed by atoms with van der Waals surface area (Å²) in [5.41, 5.74) is 7.24. The van der Waals surface area contributed by atoms with Gasteiger partial charge in [-0.2, -0.15) is 0 Å². The van der Waals surface area contributed by atoms with Crippen molar-refractivity contribution in [2.45, 2.75) is 56.6 Å². The normalized spacial score (nSPS) is 11.9. The molecule has 0 bridgehead atoms. The lowest BCUT2D eigenvalue weighted by Gasteiger charge is -2.23. The topological polar surface area (TPSA) is 155 Å². The van der Waals surface area contributed by atoms with Crippen LogP contribution in [0.15, 0.2) is 53.4 Å². The molecule has 0 fully saturated rings. The number of hydrogen-bond donors (Lipinski definition) is 6. The number of Topliss-reactive ketones (excluding diaryl/α,β-unsaturated/α-hetero) is 1. The summed E-state index contributed by atoms with van der Waals surface area (Å²) in [4.78, 5) is 26.2. The lowest BCUT2D eigenvalue weighted by molar-refractivity contribution is -0.120. The number of ether oxygens (including phenoxy) is 1. The molecule has 0 aliphatic carbocycles. The highest BCUT2D eigenvalue weighted by Crippen LogP contribution is 2.26. The van der Waals surface area contributed by atoms with Crippen molar-refractivity contribution in [1.29, 1.82) is 5.41 Å². The Balaban J connectivity index is 2.02. The molecule has 0 aliphatic rings. The summed E-state index contributed by atoms with van der Waals surface area (Å²) in [6.45, 7) is 5.72. The predicted octanol–water partition coefficient (Wildman–Crippen LogP) is 3.66. The first-order valence-electron chi connectivity index (χ1n) is 11.0. The third-order valence-electron chi connectivity index (χ3n) is 4.69. The van der Waals surface area contributed by atoms with Crippen LogP contribution in [0.25, 0.3) is 0 Å². The number of ketones is 1. The van der Waals surface area contributed by atoms with Crippen molar-refractivity contribution < 1.29 is 14.3 Å². The highest BCUT2D eigenvalue weighted by Gasteiger charge is 2.24. The van der Waals surface area contributed by atoms with Gasteiger partial charge in [-0.15, -0.1) is 0 Å². The second-order valence-electron chi connectivity index (χ2n) is 8.76. The van der Waals surface area contributed by atoms with Gasteiger partial charge in [0.2, 0.25) is 0 Å². The number of para-hydroxylation sites is 1. The molecule has 1 atom stereocenters. The second-order valence-corrected chi connectivity index (χ2v) is 9.44. The van der Waals surface area contributed by atoms with Crippen molar-refractivity contribution in [3.63, 3.8) is 0 Å². The van der Waals surface area contributed by atoms with Crippen LogP contribution in [0, 0.1) is 5.41 Å². The van der Waals surface area contributed by atoms with E-state index < -0.39 is 17.7 Å². The maximum Gasteiger partial charge on any atom is 0.408 e. The van der Waals surface area contributed by atoms with Gasteiger partial charge in [0.1, 0.15) is 5.60 Å². The van der Waals surface area contributed by atoms with E-state index in [9.17, 15) is 9.59 Å². The number of nitrogens with one attached hydrogen (secondary N) is 4. The van der Waals surface area contributed by atoms with Crippen LogP contribution in [0.2, 0.25) is 0 Å². The van der Waals surface area contributed by atoms with Crippen molar-refractivity contribution in [3.05, 3.63) is 54.1 Å². The van der Waals surface area contributed by atoms with E-state index in [1.165, 1.54) is 11.9 Å². The first-order valence-corrected chi connectivity index (χ1v) is 11.9. The van der Waals surface area contributed by atoms with Gasteiger partial charge in [0.15, 0.2) is 11.7 Å². The van der Waals surface area contributed by atoms with Crippen molar-refractivity contribution in [1.82, 2.24) is 10.6 Å². The third kappa shape index (κ3) is 9.72. The number of hydrogen-bond acceptors (Lipinski definition) is 7. The minimum Gasteiger partial charge on any atom is -0.444 e. The number of benzene rings is 2. The molecule has 8 N–H and O–H groups in total. The first-order chi connectivity index (χ1) is 16.1. The van der Waals surface area contributed by atoms with Crippen molar-refractivity contribution in [3.8, 4) is 0 Å². The molecule has 0 unspecified atom stereocenters. The molecule has 0 radical (unpaired) electrons. The summed E-state index contributed by atoms with van der Waals surface area (Å²) in [7, 11) is 0. The average Bonchev–Trinajstić information content (AvgIpc) is 2.76. The highest BCUT2D eigenvalue weighted by atomic mass is 32.2. The Kier molecular flexibility index (Phi) is 10.2. The average molecular weight is 487 g/mol. The molecule has 2 aromatic rings. The van der Waals surface area contributed by atoms with Crippen LogP contribution in [0.4, 0.5) is 16.2 Å². The standard InChI is InChI=1S/C24H34N6O3S/c1-24(2,3)33-23(32)30-18(8-6-14-28-22(25)26)20(31)15-16-10-12-17(13-11-16)29-19-7-4-5-9-21(19)34-27/h4-5,7,9-13,18,29H,6,8,14-15,27H2,1-3H3,(H,30,32)(H4,25,26,28)/t18-/m0/s1. The van der Waals surface area contributed by atoms with Gasteiger partial charge in [-0.3, -0.25) is 15.3 Å². The maximum absolute atomic E-state index is 13.0. The van der Waals surface area contributed by atoms with Gasteiger partial charge >= 0.3 is 6.09 Å². The fraction of sp³-hybridized carbons (Fsp3) is 0.375. The van der Waals surface area contributed by atoms with E-state index in [0.29, 0.717) is 19.4 Å². The van der Waals surface area contributed by atoms with Gasteiger partial charge in [0.25, 0.3) is 0 Å². The van der Waals surface area contributed by atoms with Crippen LogP contribution in [0.1, 0.15) is 39.2 Å². The lowest BCUT2D eigenvalue weighted by Crippen LogP contribution is -2.44. The Morgan fingerprint density at radius 3 is 2.41 bits per heavy atom. The van der Waals surface area contributed by atoms with Crippen LogP contribution >= 0.6 is 11.9 Å². The molecular formula is C24H34N6O3S. The summed E-state index contributed by atoms with van der Waals surface area (Å²) in [5, 5.41) is 21.7. The number of anilines is 2. The molecule has 0 saturated heterocycles. The maximum atomic E-state index is 13.0. The quantitative estimate of drug-likeness (QED) is 0.122. The van der Waals surface area contributed by atoms with Crippen LogP contribution in [-0.2, 0) is 16.0 Å². The molecule has 34 heavy (non-hydrogen) atoms. The van der Waals surface area contributed by atoms with Crippen molar-refractivity contribution in [2.75, 3.05) is 11.9 Å². The van der Waals surface area contributed by atoms with Crippen LogP contribution < -0.4 is 26.8 Å². The molecule has 2 aromatic carbocycles. The summed E-state index contributed by atoms with van der Waals surface area (Å²) in [6.07, 6.45) is 0.468. The summed E-state index contributed by atoms with van der Waals surface area (Å²) in [5.74, 6) is -0.261. The van der Waals surface area contributed by atoms with Crippen LogP contribution in [0.3, 0.4) is 0 Å². The van der Waals surface area contributed by atoms with Gasteiger partial charge in [0.05, 0.1) is 11.7 Å². The summed E-state index contributed by atoms with van der Waals surface area (Å²) >= 11 is 1.17. The van der Waals surface area contributed by atoms with Gasteiger partial charge in [-0.05, 0) is 75.4 Å². The number of carbonyl (C=O) groups excluding carboxylic acids is 2. The van der Waals surface area contributed by atoms with E-state index in [4.69, 9.17) is 21.0 Å². The largest absolute Gasteiger partial charge is 0.444 e. The molecular weight excluding hydrogens is 452 g/mol. The third-order valence-corrected chi connectivity index (χ3v) is 5.30. The molecule has 2 rings (SSSR count). The van der Waals surface area contributed by atoms with Gasteiger partial charge in [-0.25, -0.2) is 4.79 Å². The zero-order chi connectivity index (χ0) is 25.1. The molecule has 10 heteroatoms. The number of rotatable bonds is 11. The monoisotopic (exact) mass is 486 g/mol. The molecule has 0 saturated carbocycles. The Hall–Kier alpha value is -3.24. The second kappa shape index (κ2) is 12.9. The van der Waals surface area contributed by atoms with E-state index >= 15 is 0 Å². The van der Waals surface area contributed by atoms with Crippen molar-refractivity contribution >= 4 is 41.2 Å². The molecule has 184 valence electrons. The fourth-order valence-electron chi connectivity index (χ4n) is 3.15. The predicted molar refractivity (Wildman–Crippen MR) is 137 cm³/mol. The Morgan fingerprint density at radius 1 is 1.12 bits per heavy atom. The van der Waals surface area contributed by atoms with Crippen LogP contribution in [-0.4, -0.2) is 36.0 Å². The Morgan fingerprint density at radius 2 is 1.79 bits per heavy atom. The molecule has 1 amide bonds.